The van der Waals surface area contributed by atoms with Crippen LogP contribution in [0.2, 0.25) is 0 Å². The molecule has 0 saturated carbocycles. The van der Waals surface area contributed by atoms with Crippen LogP contribution in [0.1, 0.15) is 19.4 Å². The van der Waals surface area contributed by atoms with Gasteiger partial charge in [0.25, 0.3) is 0 Å². The fourth-order valence-electron chi connectivity index (χ4n) is 1.65. The lowest BCUT2D eigenvalue weighted by molar-refractivity contribution is 0.354. The number of hydrogen-bond donors (Lipinski definition) is 2. The van der Waals surface area contributed by atoms with Crippen LogP contribution >= 0.6 is 0 Å². The first-order valence-corrected chi connectivity index (χ1v) is 6.18. The summed E-state index contributed by atoms with van der Waals surface area (Å²) in [6.45, 7) is 5.71. The van der Waals surface area contributed by atoms with Crippen LogP contribution in [0.15, 0.2) is 18.2 Å². The van der Waals surface area contributed by atoms with Gasteiger partial charge in [0.1, 0.15) is 0 Å². The van der Waals surface area contributed by atoms with Crippen molar-refractivity contribution in [2.24, 2.45) is 5.73 Å². The molecule has 1 aromatic rings. The molecule has 0 fully saturated rings. The lowest BCUT2D eigenvalue weighted by Crippen LogP contribution is -2.46. The van der Waals surface area contributed by atoms with E-state index in [9.17, 15) is 0 Å². The van der Waals surface area contributed by atoms with E-state index in [1.54, 1.807) is 14.2 Å². The summed E-state index contributed by atoms with van der Waals surface area (Å²) >= 11 is 0. The molecule has 0 aliphatic rings. The van der Waals surface area contributed by atoms with E-state index in [-0.39, 0.29) is 5.54 Å². The smallest absolute Gasteiger partial charge is 0.160 e. The van der Waals surface area contributed by atoms with Gasteiger partial charge < -0.3 is 20.5 Å². The highest BCUT2D eigenvalue weighted by molar-refractivity contribution is 5.42. The normalized spacial score (nSPS) is 11.4. The number of ether oxygens (including phenoxy) is 2. The molecule has 1 rings (SSSR count). The van der Waals surface area contributed by atoms with Gasteiger partial charge in [-0.2, -0.15) is 0 Å². The molecule has 0 aliphatic carbocycles. The molecule has 4 heteroatoms. The third kappa shape index (κ3) is 4.20. The summed E-state index contributed by atoms with van der Waals surface area (Å²) in [6, 6.07) is 6.00. The molecule has 3 N–H and O–H groups in total. The van der Waals surface area contributed by atoms with E-state index in [2.05, 4.69) is 25.2 Å². The van der Waals surface area contributed by atoms with E-state index in [0.717, 1.165) is 24.5 Å². The second-order valence-corrected chi connectivity index (χ2v) is 4.95. The zero-order chi connectivity index (χ0) is 13.6. The van der Waals surface area contributed by atoms with Crippen molar-refractivity contribution in [1.29, 1.82) is 0 Å². The predicted octanol–water partition coefficient (Wildman–Crippen LogP) is 1.57. The summed E-state index contributed by atoms with van der Waals surface area (Å²) in [5.41, 5.74) is 6.87. The van der Waals surface area contributed by atoms with Gasteiger partial charge in [0.05, 0.1) is 14.2 Å². The van der Waals surface area contributed by atoms with Crippen LogP contribution in [0.25, 0.3) is 0 Å². The number of nitrogens with one attached hydrogen (secondary N) is 1. The van der Waals surface area contributed by atoms with Crippen LogP contribution in [-0.4, -0.2) is 32.8 Å². The standard InChI is InChI=1S/C14H24N2O2/c1-14(2,10-15)16-8-7-11-5-6-12(17-3)13(9-11)18-4/h5-6,9,16H,7-8,10,15H2,1-4H3. The Morgan fingerprint density at radius 3 is 2.39 bits per heavy atom. The average Bonchev–Trinajstić information content (AvgIpc) is 2.38. The van der Waals surface area contributed by atoms with Crippen molar-refractivity contribution in [2.75, 3.05) is 27.3 Å². The number of rotatable bonds is 7. The molecule has 1 aromatic carbocycles. The first-order valence-electron chi connectivity index (χ1n) is 6.18. The molecule has 0 spiro atoms. The van der Waals surface area contributed by atoms with Gasteiger partial charge in [-0.15, -0.1) is 0 Å². The zero-order valence-electron chi connectivity index (χ0n) is 11.7. The fourth-order valence-corrected chi connectivity index (χ4v) is 1.65. The molecule has 18 heavy (non-hydrogen) atoms. The van der Waals surface area contributed by atoms with Gasteiger partial charge >= 0.3 is 0 Å². The molecule has 0 radical (unpaired) electrons. The van der Waals surface area contributed by atoms with E-state index in [0.29, 0.717) is 6.54 Å². The molecule has 0 heterocycles. The van der Waals surface area contributed by atoms with Crippen molar-refractivity contribution in [3.8, 4) is 11.5 Å². The number of hydrogen-bond acceptors (Lipinski definition) is 4. The molecule has 0 unspecified atom stereocenters. The Bertz CT molecular complexity index is 378. The summed E-state index contributed by atoms with van der Waals surface area (Å²) in [5, 5.41) is 3.43. The molecule has 0 atom stereocenters. The Kier molecular flexibility index (Phi) is 5.44. The van der Waals surface area contributed by atoms with Crippen LogP contribution < -0.4 is 20.5 Å². The van der Waals surface area contributed by atoms with Crippen LogP contribution in [-0.2, 0) is 6.42 Å². The quantitative estimate of drug-likeness (QED) is 0.773. The highest BCUT2D eigenvalue weighted by Gasteiger charge is 2.13. The third-order valence-corrected chi connectivity index (χ3v) is 2.98. The molecule has 0 amide bonds. The van der Waals surface area contributed by atoms with E-state index in [4.69, 9.17) is 15.2 Å². The van der Waals surface area contributed by atoms with Gasteiger partial charge in [-0.05, 0) is 44.5 Å². The van der Waals surface area contributed by atoms with Gasteiger partial charge in [0.2, 0.25) is 0 Å². The Hall–Kier alpha value is -1.26. The maximum atomic E-state index is 5.67. The molecule has 0 bridgehead atoms. The third-order valence-electron chi connectivity index (χ3n) is 2.98. The highest BCUT2D eigenvalue weighted by atomic mass is 16.5. The van der Waals surface area contributed by atoms with E-state index >= 15 is 0 Å². The number of nitrogens with two attached hydrogens (primary N) is 1. The Labute approximate surface area is 109 Å². The lowest BCUT2D eigenvalue weighted by atomic mass is 10.1. The lowest BCUT2D eigenvalue weighted by Gasteiger charge is -2.24. The van der Waals surface area contributed by atoms with Crippen LogP contribution in [0.4, 0.5) is 0 Å². The zero-order valence-corrected chi connectivity index (χ0v) is 11.7. The molecule has 102 valence electrons. The van der Waals surface area contributed by atoms with Gasteiger partial charge in [0, 0.05) is 12.1 Å². The highest BCUT2D eigenvalue weighted by Crippen LogP contribution is 2.27. The number of methoxy groups -OCH3 is 2. The van der Waals surface area contributed by atoms with E-state index < -0.39 is 0 Å². The molecule has 0 aliphatic heterocycles. The summed E-state index contributed by atoms with van der Waals surface area (Å²) in [7, 11) is 3.29. The van der Waals surface area contributed by atoms with Crippen molar-refractivity contribution < 1.29 is 9.47 Å². The van der Waals surface area contributed by atoms with Crippen LogP contribution in [0, 0.1) is 0 Å². The summed E-state index contributed by atoms with van der Waals surface area (Å²) < 4.78 is 10.5. The molecular formula is C14H24N2O2. The van der Waals surface area contributed by atoms with E-state index in [1.807, 2.05) is 12.1 Å². The minimum Gasteiger partial charge on any atom is -0.493 e. The first-order chi connectivity index (χ1) is 8.52. The van der Waals surface area contributed by atoms with Crippen LogP contribution in [0.3, 0.4) is 0 Å². The van der Waals surface area contributed by atoms with Crippen LogP contribution in [0.5, 0.6) is 11.5 Å². The first kappa shape index (κ1) is 14.8. The van der Waals surface area contributed by atoms with E-state index in [1.165, 1.54) is 5.56 Å². The maximum absolute atomic E-state index is 5.67. The molecular weight excluding hydrogens is 228 g/mol. The van der Waals surface area contributed by atoms with Gasteiger partial charge in [-0.25, -0.2) is 0 Å². The van der Waals surface area contributed by atoms with Gasteiger partial charge in [-0.1, -0.05) is 6.07 Å². The molecule has 4 nitrogen and oxygen atoms in total. The SMILES string of the molecule is COc1ccc(CCNC(C)(C)CN)cc1OC. The molecule has 0 aromatic heterocycles. The van der Waals surface area contributed by atoms with Gasteiger partial charge in [0.15, 0.2) is 11.5 Å². The topological polar surface area (TPSA) is 56.5 Å². The van der Waals surface area contributed by atoms with Crippen molar-refractivity contribution in [3.05, 3.63) is 23.8 Å². The minimum atomic E-state index is -0.0173. The maximum Gasteiger partial charge on any atom is 0.160 e. The van der Waals surface area contributed by atoms with Gasteiger partial charge in [-0.3, -0.25) is 0 Å². The Balaban J connectivity index is 2.58. The fraction of sp³-hybridized carbons (Fsp3) is 0.571. The second kappa shape index (κ2) is 6.61. The van der Waals surface area contributed by atoms with Crippen molar-refractivity contribution in [3.63, 3.8) is 0 Å². The summed E-state index contributed by atoms with van der Waals surface area (Å²) in [4.78, 5) is 0. The summed E-state index contributed by atoms with van der Waals surface area (Å²) in [6.07, 6.45) is 0.934. The number of benzene rings is 1. The summed E-state index contributed by atoms with van der Waals surface area (Å²) in [5.74, 6) is 1.53. The Morgan fingerprint density at radius 2 is 1.83 bits per heavy atom. The largest absolute Gasteiger partial charge is 0.493 e. The minimum absolute atomic E-state index is 0.0173. The van der Waals surface area contributed by atoms with Crippen molar-refractivity contribution in [1.82, 2.24) is 5.32 Å². The second-order valence-electron chi connectivity index (χ2n) is 4.95. The van der Waals surface area contributed by atoms with Crippen molar-refractivity contribution in [2.45, 2.75) is 25.8 Å². The predicted molar refractivity (Wildman–Crippen MR) is 74.4 cm³/mol. The average molecular weight is 252 g/mol. The monoisotopic (exact) mass is 252 g/mol. The molecule has 0 saturated heterocycles. The Morgan fingerprint density at radius 1 is 1.17 bits per heavy atom. The van der Waals surface area contributed by atoms with Crippen molar-refractivity contribution >= 4 is 0 Å².